The Hall–Kier alpha value is -1.04. The first-order chi connectivity index (χ1) is 8.06. The first-order valence-electron chi connectivity index (χ1n) is 5.77. The van der Waals surface area contributed by atoms with Crippen LogP contribution in [0, 0.1) is 5.92 Å². The minimum Gasteiger partial charge on any atom is -0.345 e. The van der Waals surface area contributed by atoms with Crippen molar-refractivity contribution >= 4 is 17.7 Å². The first kappa shape index (κ1) is 14.0. The van der Waals surface area contributed by atoms with E-state index < -0.39 is 0 Å². The third-order valence-corrected chi connectivity index (χ3v) is 3.32. The lowest BCUT2D eigenvalue weighted by Crippen LogP contribution is -2.34. The molecule has 0 aliphatic carbocycles. The van der Waals surface area contributed by atoms with Gasteiger partial charge in [0.25, 0.3) is 0 Å². The molecule has 1 heterocycles. The highest BCUT2D eigenvalue weighted by atomic mass is 32.2. The number of nitrogens with one attached hydrogen (secondary N) is 1. The van der Waals surface area contributed by atoms with Gasteiger partial charge in [0.1, 0.15) is 12.2 Å². The molecule has 1 rings (SSSR count). The van der Waals surface area contributed by atoms with E-state index in [1.54, 1.807) is 16.4 Å². The highest BCUT2D eigenvalue weighted by molar-refractivity contribution is 7.99. The van der Waals surface area contributed by atoms with Crippen LogP contribution in [0.15, 0.2) is 6.33 Å². The predicted octanol–water partition coefficient (Wildman–Crippen LogP) is 1.38. The van der Waals surface area contributed by atoms with Crippen LogP contribution in [0.4, 0.5) is 0 Å². The van der Waals surface area contributed by atoms with Crippen LogP contribution in [0.2, 0.25) is 0 Å². The van der Waals surface area contributed by atoms with Gasteiger partial charge in [-0.05, 0) is 11.7 Å². The molecule has 0 aliphatic heterocycles. The molecule has 0 radical (unpaired) electrons. The number of aryl methyl sites for hydroxylation is 1. The van der Waals surface area contributed by atoms with Crippen molar-refractivity contribution in [2.75, 3.05) is 11.5 Å². The fourth-order valence-electron chi connectivity index (χ4n) is 1.53. The average Bonchev–Trinajstić information content (AvgIpc) is 2.69. The summed E-state index contributed by atoms with van der Waals surface area (Å²) in [4.78, 5) is 15.9. The minimum absolute atomic E-state index is 0.0542. The minimum atomic E-state index is -0.0764. The molecule has 17 heavy (non-hydrogen) atoms. The highest BCUT2D eigenvalue weighted by Gasteiger charge is 2.22. The van der Waals surface area contributed by atoms with Gasteiger partial charge in [-0.15, -0.1) is 0 Å². The third kappa shape index (κ3) is 4.03. The monoisotopic (exact) mass is 256 g/mol. The molecule has 0 fully saturated rings. The highest BCUT2D eigenvalue weighted by Crippen LogP contribution is 2.18. The van der Waals surface area contributed by atoms with Crippen LogP contribution >= 0.6 is 11.8 Å². The zero-order valence-electron chi connectivity index (χ0n) is 10.8. The van der Waals surface area contributed by atoms with E-state index in [1.807, 2.05) is 14.0 Å². The summed E-state index contributed by atoms with van der Waals surface area (Å²) < 4.78 is 1.71. The van der Waals surface area contributed by atoms with Gasteiger partial charge in [0.15, 0.2) is 0 Å². The van der Waals surface area contributed by atoms with Crippen molar-refractivity contribution in [3.63, 3.8) is 0 Å². The Morgan fingerprint density at radius 3 is 2.76 bits per heavy atom. The maximum absolute atomic E-state index is 11.7. The van der Waals surface area contributed by atoms with Crippen molar-refractivity contribution in [2.24, 2.45) is 13.0 Å². The smallest absolute Gasteiger partial charge is 0.230 e. The molecule has 0 aromatic carbocycles. The number of rotatable bonds is 6. The van der Waals surface area contributed by atoms with Gasteiger partial charge in [-0.2, -0.15) is 16.9 Å². The van der Waals surface area contributed by atoms with Crippen molar-refractivity contribution in [1.82, 2.24) is 20.1 Å². The Morgan fingerprint density at radius 1 is 1.59 bits per heavy atom. The molecule has 1 N–H and O–H groups in total. The number of amides is 1. The van der Waals surface area contributed by atoms with E-state index in [0.29, 0.717) is 5.75 Å². The second-order valence-corrected chi connectivity index (χ2v) is 5.44. The van der Waals surface area contributed by atoms with E-state index in [4.69, 9.17) is 0 Å². The Kier molecular flexibility index (Phi) is 5.47. The topological polar surface area (TPSA) is 59.8 Å². The fourth-order valence-corrected chi connectivity index (χ4v) is 2.00. The number of nitrogens with zero attached hydrogens (tertiary/aromatic N) is 3. The molecule has 1 amide bonds. The van der Waals surface area contributed by atoms with E-state index in [9.17, 15) is 4.79 Å². The lowest BCUT2D eigenvalue weighted by Gasteiger charge is -2.21. The summed E-state index contributed by atoms with van der Waals surface area (Å²) in [6.07, 6.45) is 1.51. The molecule has 6 heteroatoms. The molecule has 0 saturated heterocycles. The first-order valence-corrected chi connectivity index (χ1v) is 6.92. The van der Waals surface area contributed by atoms with Crippen molar-refractivity contribution in [3.8, 4) is 0 Å². The summed E-state index contributed by atoms with van der Waals surface area (Å²) >= 11 is 1.62. The summed E-state index contributed by atoms with van der Waals surface area (Å²) in [6, 6.07) is -0.0764. The zero-order chi connectivity index (χ0) is 12.8. The normalized spacial score (nSPS) is 12.8. The van der Waals surface area contributed by atoms with E-state index in [1.165, 1.54) is 6.33 Å². The maximum atomic E-state index is 11.7. The lowest BCUT2D eigenvalue weighted by molar-refractivity contribution is -0.119. The molecule has 1 aromatic rings. The van der Waals surface area contributed by atoms with Gasteiger partial charge in [-0.3, -0.25) is 9.48 Å². The van der Waals surface area contributed by atoms with E-state index >= 15 is 0 Å². The number of aromatic nitrogens is 3. The van der Waals surface area contributed by atoms with Crippen LogP contribution in [0.3, 0.4) is 0 Å². The van der Waals surface area contributed by atoms with Gasteiger partial charge < -0.3 is 5.32 Å². The second kappa shape index (κ2) is 6.64. The summed E-state index contributed by atoms with van der Waals surface area (Å²) in [7, 11) is 1.84. The number of carbonyl (C=O) groups is 1. The molecule has 0 saturated carbocycles. The van der Waals surface area contributed by atoms with E-state index in [2.05, 4.69) is 29.2 Å². The van der Waals surface area contributed by atoms with Crippen LogP contribution in [0.1, 0.15) is 32.6 Å². The summed E-state index contributed by atoms with van der Waals surface area (Å²) in [5.41, 5.74) is 0. The van der Waals surface area contributed by atoms with Crippen molar-refractivity contribution < 1.29 is 4.79 Å². The molecule has 5 nitrogen and oxygen atoms in total. The summed E-state index contributed by atoms with van der Waals surface area (Å²) in [6.45, 7) is 6.17. The van der Waals surface area contributed by atoms with Crippen LogP contribution in [0.5, 0.6) is 0 Å². The molecule has 0 unspecified atom stereocenters. The number of carbonyl (C=O) groups excluding carboxylic acids is 1. The van der Waals surface area contributed by atoms with Gasteiger partial charge in [-0.25, -0.2) is 4.98 Å². The van der Waals surface area contributed by atoms with Crippen molar-refractivity contribution in [3.05, 3.63) is 12.2 Å². The predicted molar refractivity (Wildman–Crippen MR) is 69.7 cm³/mol. The van der Waals surface area contributed by atoms with E-state index in [-0.39, 0.29) is 17.9 Å². The molecule has 0 aliphatic rings. The largest absolute Gasteiger partial charge is 0.345 e. The second-order valence-electron chi connectivity index (χ2n) is 4.17. The molecular formula is C11H20N4OS. The quantitative estimate of drug-likeness (QED) is 0.835. The van der Waals surface area contributed by atoms with Gasteiger partial charge in [-0.1, -0.05) is 20.8 Å². The Morgan fingerprint density at radius 2 is 2.29 bits per heavy atom. The molecular weight excluding hydrogens is 236 g/mol. The molecule has 1 atom stereocenters. The number of hydrogen-bond donors (Lipinski definition) is 1. The Bertz CT molecular complexity index is 364. The zero-order valence-corrected chi connectivity index (χ0v) is 11.6. The number of thioether (sulfide) groups is 1. The van der Waals surface area contributed by atoms with Gasteiger partial charge in [0.2, 0.25) is 5.91 Å². The van der Waals surface area contributed by atoms with Crippen molar-refractivity contribution in [1.29, 1.82) is 0 Å². The third-order valence-electron chi connectivity index (χ3n) is 2.45. The molecule has 96 valence electrons. The van der Waals surface area contributed by atoms with Crippen LogP contribution in [-0.2, 0) is 11.8 Å². The van der Waals surface area contributed by atoms with Crippen molar-refractivity contribution in [2.45, 2.75) is 26.8 Å². The molecule has 0 spiro atoms. The van der Waals surface area contributed by atoms with Gasteiger partial charge in [0, 0.05) is 7.05 Å². The maximum Gasteiger partial charge on any atom is 0.230 e. The summed E-state index contributed by atoms with van der Waals surface area (Å²) in [5.74, 6) is 2.59. The average molecular weight is 256 g/mol. The van der Waals surface area contributed by atoms with Gasteiger partial charge >= 0.3 is 0 Å². The van der Waals surface area contributed by atoms with Gasteiger partial charge in [0.05, 0.1) is 11.8 Å². The molecule has 1 aromatic heterocycles. The Labute approximate surface area is 106 Å². The van der Waals surface area contributed by atoms with Crippen LogP contribution in [0.25, 0.3) is 0 Å². The lowest BCUT2D eigenvalue weighted by atomic mass is 10.0. The standard InChI is InChI=1S/C11H20N4OS/c1-5-17-6-9(16)14-10(8(2)3)11-12-7-13-15(11)4/h7-8,10H,5-6H2,1-4H3,(H,14,16)/t10-/m1/s1. The fraction of sp³-hybridized carbons (Fsp3) is 0.727. The van der Waals surface area contributed by atoms with Crippen LogP contribution in [-0.4, -0.2) is 32.2 Å². The van der Waals surface area contributed by atoms with E-state index in [0.717, 1.165) is 11.6 Å². The SMILES string of the molecule is CCSCC(=O)N[C@@H](c1ncnn1C)C(C)C. The Balaban J connectivity index is 2.68. The van der Waals surface area contributed by atoms with Crippen LogP contribution < -0.4 is 5.32 Å². The summed E-state index contributed by atoms with van der Waals surface area (Å²) in [5, 5.41) is 7.05. The number of hydrogen-bond acceptors (Lipinski definition) is 4. The molecule has 0 bridgehead atoms.